The van der Waals surface area contributed by atoms with Crippen LogP contribution in [0.4, 0.5) is 0 Å². The third kappa shape index (κ3) is 2.06. The first kappa shape index (κ1) is 8.29. The molecule has 0 saturated carbocycles. The van der Waals surface area contributed by atoms with Crippen LogP contribution in [0.5, 0.6) is 0 Å². The summed E-state index contributed by atoms with van der Waals surface area (Å²) in [5, 5.41) is 0. The molecule has 0 fully saturated rings. The van der Waals surface area contributed by atoms with E-state index in [1.807, 2.05) is 0 Å². The molecule has 3 N–H and O–H groups in total. The van der Waals surface area contributed by atoms with Crippen LogP contribution in [-0.2, 0) is 10.1 Å². The molecule has 1 aliphatic carbocycles. The van der Waals surface area contributed by atoms with Gasteiger partial charge in [-0.3, -0.25) is 4.55 Å². The lowest BCUT2D eigenvalue weighted by Crippen LogP contribution is -2.08. The monoisotopic (exact) mass is 175 g/mol. The van der Waals surface area contributed by atoms with E-state index in [9.17, 15) is 8.42 Å². The first-order chi connectivity index (χ1) is 5.00. The van der Waals surface area contributed by atoms with Gasteiger partial charge in [0, 0.05) is 5.70 Å². The van der Waals surface area contributed by atoms with Gasteiger partial charge in [-0.2, -0.15) is 8.42 Å². The Morgan fingerprint density at radius 3 is 2.36 bits per heavy atom. The predicted molar refractivity (Wildman–Crippen MR) is 41.1 cm³/mol. The molecule has 0 bridgehead atoms. The lowest BCUT2D eigenvalue weighted by atomic mass is 10.1. The van der Waals surface area contributed by atoms with Crippen molar-refractivity contribution in [1.29, 1.82) is 0 Å². The van der Waals surface area contributed by atoms with Crippen LogP contribution in [0, 0.1) is 0 Å². The maximum atomic E-state index is 10.5. The molecule has 0 spiro atoms. The molecule has 4 nitrogen and oxygen atoms in total. The second-order valence-corrected chi connectivity index (χ2v) is 3.82. The van der Waals surface area contributed by atoms with E-state index >= 15 is 0 Å². The minimum absolute atomic E-state index is 0.0340. The van der Waals surface area contributed by atoms with Crippen molar-refractivity contribution >= 4 is 10.1 Å². The second-order valence-electron chi connectivity index (χ2n) is 2.35. The highest BCUT2D eigenvalue weighted by atomic mass is 32.2. The van der Waals surface area contributed by atoms with Crippen LogP contribution in [-0.4, -0.2) is 13.0 Å². The molecule has 0 amide bonds. The number of allylic oxidation sites excluding steroid dienone is 4. The summed E-state index contributed by atoms with van der Waals surface area (Å²) >= 11 is 0. The van der Waals surface area contributed by atoms with Crippen LogP contribution >= 0.6 is 0 Å². The van der Waals surface area contributed by atoms with E-state index < -0.39 is 10.1 Å². The Balaban J connectivity index is 2.95. The maximum Gasteiger partial charge on any atom is 0.290 e. The van der Waals surface area contributed by atoms with E-state index in [0.717, 1.165) is 0 Å². The molecular weight excluding hydrogens is 166 g/mol. The largest absolute Gasteiger partial charge is 0.402 e. The van der Waals surface area contributed by atoms with Crippen molar-refractivity contribution in [2.24, 2.45) is 5.73 Å². The smallest absolute Gasteiger partial charge is 0.290 e. The van der Waals surface area contributed by atoms with Crippen LogP contribution in [0.1, 0.15) is 12.8 Å². The summed E-state index contributed by atoms with van der Waals surface area (Å²) in [6.45, 7) is 0. The Morgan fingerprint density at radius 2 is 2.00 bits per heavy atom. The number of hydrogen-bond donors (Lipinski definition) is 2. The zero-order chi connectivity index (χ0) is 8.48. The van der Waals surface area contributed by atoms with Gasteiger partial charge in [0.1, 0.15) is 0 Å². The van der Waals surface area contributed by atoms with Gasteiger partial charge < -0.3 is 5.73 Å². The Labute approximate surface area is 65.1 Å². The zero-order valence-electron chi connectivity index (χ0n) is 5.82. The quantitative estimate of drug-likeness (QED) is 0.565. The standard InChI is InChI=1S/C6H9NO3S/c7-5-1-3-6(4-2-5)11(8,9)10/h1,3H,2,4,7H2,(H,8,9,10). The average Bonchev–Trinajstić information content (AvgIpc) is 1.86. The molecule has 0 radical (unpaired) electrons. The van der Waals surface area contributed by atoms with E-state index in [0.29, 0.717) is 18.5 Å². The molecule has 0 saturated heterocycles. The fourth-order valence-corrected chi connectivity index (χ4v) is 1.45. The molecule has 0 aliphatic heterocycles. The molecule has 62 valence electrons. The summed E-state index contributed by atoms with van der Waals surface area (Å²) in [6, 6.07) is 0. The summed E-state index contributed by atoms with van der Waals surface area (Å²) in [5.41, 5.74) is 6.02. The van der Waals surface area contributed by atoms with Gasteiger partial charge in [-0.25, -0.2) is 0 Å². The Morgan fingerprint density at radius 1 is 1.36 bits per heavy atom. The second kappa shape index (κ2) is 2.67. The van der Waals surface area contributed by atoms with Crippen LogP contribution < -0.4 is 5.73 Å². The highest BCUT2D eigenvalue weighted by molar-refractivity contribution is 7.89. The van der Waals surface area contributed by atoms with Gasteiger partial charge in [0.15, 0.2) is 0 Å². The predicted octanol–water partition coefficient (Wildman–Crippen LogP) is 0.394. The van der Waals surface area contributed by atoms with Gasteiger partial charge in [-0.15, -0.1) is 0 Å². The molecule has 0 atom stereocenters. The molecule has 5 heteroatoms. The molecule has 0 aromatic heterocycles. The van der Waals surface area contributed by atoms with Crippen molar-refractivity contribution in [3.05, 3.63) is 22.8 Å². The molecule has 11 heavy (non-hydrogen) atoms. The number of rotatable bonds is 1. The zero-order valence-corrected chi connectivity index (χ0v) is 6.63. The molecule has 0 aromatic carbocycles. The summed E-state index contributed by atoms with van der Waals surface area (Å²) < 4.78 is 29.6. The average molecular weight is 175 g/mol. The van der Waals surface area contributed by atoms with E-state index in [1.54, 1.807) is 0 Å². The molecule has 0 aromatic rings. The van der Waals surface area contributed by atoms with E-state index in [-0.39, 0.29) is 4.91 Å². The lowest BCUT2D eigenvalue weighted by molar-refractivity contribution is 0.488. The topological polar surface area (TPSA) is 80.4 Å². The first-order valence-corrected chi connectivity index (χ1v) is 4.57. The summed E-state index contributed by atoms with van der Waals surface area (Å²) in [4.78, 5) is 0.0340. The fourth-order valence-electron chi connectivity index (χ4n) is 0.849. The van der Waals surface area contributed by atoms with Gasteiger partial charge >= 0.3 is 0 Å². The fraction of sp³-hybridized carbons (Fsp3) is 0.333. The van der Waals surface area contributed by atoms with E-state index in [1.165, 1.54) is 12.2 Å². The Kier molecular flexibility index (Phi) is 2.01. The van der Waals surface area contributed by atoms with Crippen molar-refractivity contribution < 1.29 is 13.0 Å². The Bertz CT molecular complexity index is 313. The number of hydrogen-bond acceptors (Lipinski definition) is 3. The minimum Gasteiger partial charge on any atom is -0.402 e. The highest BCUT2D eigenvalue weighted by Crippen LogP contribution is 2.18. The normalized spacial score (nSPS) is 19.0. The third-order valence-corrected chi connectivity index (χ3v) is 2.48. The van der Waals surface area contributed by atoms with Gasteiger partial charge in [0.25, 0.3) is 10.1 Å². The third-order valence-electron chi connectivity index (χ3n) is 1.47. The molecule has 1 rings (SSSR count). The highest BCUT2D eigenvalue weighted by Gasteiger charge is 2.15. The SMILES string of the molecule is NC1=CC=C(S(=O)(=O)O)CC1. The Hall–Kier alpha value is -0.810. The summed E-state index contributed by atoms with van der Waals surface area (Å²) in [5.74, 6) is 0. The molecule has 1 aliphatic rings. The van der Waals surface area contributed by atoms with Gasteiger partial charge in [0.05, 0.1) is 4.91 Å². The first-order valence-electron chi connectivity index (χ1n) is 3.13. The van der Waals surface area contributed by atoms with Crippen molar-refractivity contribution in [3.63, 3.8) is 0 Å². The van der Waals surface area contributed by atoms with Gasteiger partial charge in [-0.1, -0.05) is 0 Å². The van der Waals surface area contributed by atoms with Crippen LogP contribution in [0.3, 0.4) is 0 Å². The lowest BCUT2D eigenvalue weighted by Gasteiger charge is -2.07. The minimum atomic E-state index is -3.99. The van der Waals surface area contributed by atoms with E-state index in [4.69, 9.17) is 10.3 Å². The van der Waals surface area contributed by atoms with Crippen molar-refractivity contribution in [3.8, 4) is 0 Å². The van der Waals surface area contributed by atoms with Crippen molar-refractivity contribution in [2.75, 3.05) is 0 Å². The van der Waals surface area contributed by atoms with Crippen molar-refractivity contribution in [1.82, 2.24) is 0 Å². The molecule has 0 heterocycles. The summed E-state index contributed by atoms with van der Waals surface area (Å²) in [7, 11) is -3.99. The van der Waals surface area contributed by atoms with Gasteiger partial charge in [0.2, 0.25) is 0 Å². The molecular formula is C6H9NO3S. The summed E-state index contributed by atoms with van der Waals surface area (Å²) in [6.07, 6.45) is 3.60. The maximum absolute atomic E-state index is 10.5. The van der Waals surface area contributed by atoms with Crippen LogP contribution in [0.2, 0.25) is 0 Å². The van der Waals surface area contributed by atoms with Crippen LogP contribution in [0.15, 0.2) is 22.8 Å². The van der Waals surface area contributed by atoms with E-state index in [2.05, 4.69) is 0 Å². The van der Waals surface area contributed by atoms with Gasteiger partial charge in [-0.05, 0) is 25.0 Å². The molecule has 0 unspecified atom stereocenters. The van der Waals surface area contributed by atoms with Crippen molar-refractivity contribution in [2.45, 2.75) is 12.8 Å². The van der Waals surface area contributed by atoms with Crippen LogP contribution in [0.25, 0.3) is 0 Å². The number of nitrogens with two attached hydrogens (primary N) is 1.